The molecule has 3 rings (SSSR count). The molecule has 2 heterocycles. The number of ether oxygens (including phenoxy) is 2. The normalized spacial score (nSPS) is 13.7. The number of nitrogens with zero attached hydrogens (tertiary/aromatic N) is 2. The molecule has 120 valence electrons. The highest BCUT2D eigenvalue weighted by Crippen LogP contribution is 2.36. The molecule has 5 heteroatoms. The number of likely N-dealkylation sites (N-methyl/N-ethyl adjacent to an activating group) is 1. The molecule has 23 heavy (non-hydrogen) atoms. The lowest BCUT2D eigenvalue weighted by molar-refractivity contribution is -0.132. The fourth-order valence-electron chi connectivity index (χ4n) is 2.71. The first-order chi connectivity index (χ1) is 11.2. The largest absolute Gasteiger partial charge is 0.454 e. The average Bonchev–Trinajstić information content (AvgIpc) is 3.08. The number of carbonyl (C=O) groups excluding carboxylic acids is 1. The van der Waals surface area contributed by atoms with Gasteiger partial charge in [0.15, 0.2) is 11.5 Å². The predicted molar refractivity (Wildman–Crippen MR) is 86.3 cm³/mol. The summed E-state index contributed by atoms with van der Waals surface area (Å²) in [7, 11) is 0. The molecule has 0 saturated carbocycles. The number of aromatic nitrogens is 1. The summed E-state index contributed by atoms with van der Waals surface area (Å²) in [5.74, 6) is 1.34. The quantitative estimate of drug-likeness (QED) is 0.852. The van der Waals surface area contributed by atoms with E-state index in [9.17, 15) is 4.79 Å². The lowest BCUT2D eigenvalue weighted by Gasteiger charge is -2.25. The number of benzene rings is 1. The average molecular weight is 312 g/mol. The first kappa shape index (κ1) is 15.3. The molecule has 0 radical (unpaired) electrons. The van der Waals surface area contributed by atoms with Crippen LogP contribution in [-0.2, 0) is 11.3 Å². The summed E-state index contributed by atoms with van der Waals surface area (Å²) < 4.78 is 10.9. The molecule has 0 aliphatic carbocycles. The van der Waals surface area contributed by atoms with Gasteiger partial charge in [-0.05, 0) is 31.5 Å². The standard InChI is InChI=1S/C18H20N2O3/c1-3-20(18(21)13(2)14-7-5-9-19-10-14)11-15-6-4-8-16-17(15)23-12-22-16/h4-10,13H,3,11-12H2,1-2H3/t13-/m0/s1. The van der Waals surface area contributed by atoms with Gasteiger partial charge in [0.05, 0.1) is 5.92 Å². The van der Waals surface area contributed by atoms with Gasteiger partial charge < -0.3 is 14.4 Å². The second-order valence-electron chi connectivity index (χ2n) is 5.51. The van der Waals surface area contributed by atoms with Gasteiger partial charge in [0.1, 0.15) is 0 Å². The molecule has 0 N–H and O–H groups in total. The number of hydrogen-bond donors (Lipinski definition) is 0. The topological polar surface area (TPSA) is 51.7 Å². The Balaban J connectivity index is 1.78. The Morgan fingerprint density at radius 2 is 2.17 bits per heavy atom. The predicted octanol–water partition coefficient (Wildman–Crippen LogP) is 2.96. The lowest BCUT2D eigenvalue weighted by Crippen LogP contribution is -2.33. The van der Waals surface area contributed by atoms with E-state index in [1.54, 1.807) is 12.4 Å². The van der Waals surface area contributed by atoms with Crippen LogP contribution in [0.15, 0.2) is 42.7 Å². The van der Waals surface area contributed by atoms with Crippen molar-refractivity contribution in [3.8, 4) is 11.5 Å². The van der Waals surface area contributed by atoms with Gasteiger partial charge in [-0.3, -0.25) is 9.78 Å². The molecule has 2 aromatic rings. The maximum absolute atomic E-state index is 12.8. The fourth-order valence-corrected chi connectivity index (χ4v) is 2.71. The van der Waals surface area contributed by atoms with E-state index in [2.05, 4.69) is 4.98 Å². The van der Waals surface area contributed by atoms with E-state index in [1.165, 1.54) is 0 Å². The zero-order valence-corrected chi connectivity index (χ0v) is 13.4. The summed E-state index contributed by atoms with van der Waals surface area (Å²) in [5.41, 5.74) is 1.89. The molecule has 1 aromatic carbocycles. The third-order valence-corrected chi connectivity index (χ3v) is 4.09. The van der Waals surface area contributed by atoms with Crippen molar-refractivity contribution in [1.29, 1.82) is 0 Å². The Bertz CT molecular complexity index is 688. The van der Waals surface area contributed by atoms with Gasteiger partial charge >= 0.3 is 0 Å². The van der Waals surface area contributed by atoms with Crippen molar-refractivity contribution in [2.75, 3.05) is 13.3 Å². The van der Waals surface area contributed by atoms with Gasteiger partial charge in [-0.25, -0.2) is 0 Å². The molecule has 1 amide bonds. The number of carbonyl (C=O) groups is 1. The van der Waals surface area contributed by atoms with Crippen molar-refractivity contribution in [2.45, 2.75) is 26.3 Å². The van der Waals surface area contributed by atoms with Crippen LogP contribution in [0.4, 0.5) is 0 Å². The Morgan fingerprint density at radius 1 is 1.30 bits per heavy atom. The molecule has 0 fully saturated rings. The molecular formula is C18H20N2O3. The van der Waals surface area contributed by atoms with E-state index in [-0.39, 0.29) is 18.6 Å². The summed E-state index contributed by atoms with van der Waals surface area (Å²) in [4.78, 5) is 18.7. The molecular weight excluding hydrogens is 292 g/mol. The van der Waals surface area contributed by atoms with Crippen LogP contribution >= 0.6 is 0 Å². The molecule has 0 saturated heterocycles. The Morgan fingerprint density at radius 3 is 2.91 bits per heavy atom. The summed E-state index contributed by atoms with van der Waals surface area (Å²) in [6.07, 6.45) is 3.45. The smallest absolute Gasteiger partial charge is 0.231 e. The number of amides is 1. The summed E-state index contributed by atoms with van der Waals surface area (Å²) >= 11 is 0. The number of hydrogen-bond acceptors (Lipinski definition) is 4. The summed E-state index contributed by atoms with van der Waals surface area (Å²) in [6.45, 7) is 5.27. The number of pyridine rings is 1. The van der Waals surface area contributed by atoms with E-state index >= 15 is 0 Å². The van der Waals surface area contributed by atoms with Crippen LogP contribution in [-0.4, -0.2) is 29.1 Å². The molecule has 1 atom stereocenters. The molecule has 0 spiro atoms. The zero-order chi connectivity index (χ0) is 16.2. The maximum atomic E-state index is 12.8. The minimum atomic E-state index is -0.224. The van der Waals surface area contributed by atoms with Crippen LogP contribution in [0.1, 0.15) is 30.9 Å². The molecule has 0 bridgehead atoms. The van der Waals surface area contributed by atoms with Gasteiger partial charge in [-0.2, -0.15) is 0 Å². The highest BCUT2D eigenvalue weighted by atomic mass is 16.7. The third kappa shape index (κ3) is 3.13. The van der Waals surface area contributed by atoms with Crippen LogP contribution in [0.3, 0.4) is 0 Å². The van der Waals surface area contributed by atoms with E-state index in [0.717, 1.165) is 22.6 Å². The number of fused-ring (bicyclic) bond motifs is 1. The third-order valence-electron chi connectivity index (χ3n) is 4.09. The van der Waals surface area contributed by atoms with Crippen molar-refractivity contribution in [3.63, 3.8) is 0 Å². The fraction of sp³-hybridized carbons (Fsp3) is 0.333. The molecule has 5 nitrogen and oxygen atoms in total. The first-order valence-electron chi connectivity index (χ1n) is 7.77. The van der Waals surface area contributed by atoms with E-state index in [0.29, 0.717) is 13.1 Å². The molecule has 0 unspecified atom stereocenters. The minimum absolute atomic E-state index is 0.0806. The second kappa shape index (κ2) is 6.69. The van der Waals surface area contributed by atoms with Crippen LogP contribution in [0, 0.1) is 0 Å². The van der Waals surface area contributed by atoms with Gasteiger partial charge in [0.25, 0.3) is 0 Å². The summed E-state index contributed by atoms with van der Waals surface area (Å²) in [5, 5.41) is 0. The van der Waals surface area contributed by atoms with E-state index < -0.39 is 0 Å². The monoisotopic (exact) mass is 312 g/mol. The van der Waals surface area contributed by atoms with Gasteiger partial charge in [0.2, 0.25) is 12.7 Å². The molecule has 1 aliphatic rings. The maximum Gasteiger partial charge on any atom is 0.231 e. The molecule has 1 aliphatic heterocycles. The van der Waals surface area contributed by atoms with E-state index in [1.807, 2.05) is 49.1 Å². The highest BCUT2D eigenvalue weighted by Gasteiger charge is 2.24. The van der Waals surface area contributed by atoms with Crippen LogP contribution in [0.25, 0.3) is 0 Å². The Kier molecular flexibility index (Phi) is 4.46. The summed E-state index contributed by atoms with van der Waals surface area (Å²) in [6, 6.07) is 9.55. The van der Waals surface area contributed by atoms with Crippen molar-refractivity contribution >= 4 is 5.91 Å². The number of para-hydroxylation sites is 1. The van der Waals surface area contributed by atoms with E-state index in [4.69, 9.17) is 9.47 Å². The Labute approximate surface area is 135 Å². The Hall–Kier alpha value is -2.56. The zero-order valence-electron chi connectivity index (χ0n) is 13.4. The van der Waals surface area contributed by atoms with Crippen molar-refractivity contribution < 1.29 is 14.3 Å². The van der Waals surface area contributed by atoms with Crippen molar-refractivity contribution in [1.82, 2.24) is 9.88 Å². The van der Waals surface area contributed by atoms with Crippen LogP contribution < -0.4 is 9.47 Å². The van der Waals surface area contributed by atoms with Gasteiger partial charge in [-0.1, -0.05) is 18.2 Å². The van der Waals surface area contributed by atoms with Crippen LogP contribution in [0.5, 0.6) is 11.5 Å². The highest BCUT2D eigenvalue weighted by molar-refractivity contribution is 5.83. The second-order valence-corrected chi connectivity index (χ2v) is 5.51. The number of rotatable bonds is 5. The lowest BCUT2D eigenvalue weighted by atomic mass is 10.0. The van der Waals surface area contributed by atoms with Gasteiger partial charge in [0, 0.05) is 31.0 Å². The SMILES string of the molecule is CCN(Cc1cccc2c1OCO2)C(=O)[C@@H](C)c1cccnc1. The first-order valence-corrected chi connectivity index (χ1v) is 7.77. The van der Waals surface area contributed by atoms with Crippen molar-refractivity contribution in [3.05, 3.63) is 53.9 Å². The van der Waals surface area contributed by atoms with Crippen molar-refractivity contribution in [2.24, 2.45) is 0 Å². The minimum Gasteiger partial charge on any atom is -0.454 e. The van der Waals surface area contributed by atoms with Gasteiger partial charge in [-0.15, -0.1) is 0 Å². The van der Waals surface area contributed by atoms with Crippen LogP contribution in [0.2, 0.25) is 0 Å². The molecule has 1 aromatic heterocycles.